The van der Waals surface area contributed by atoms with E-state index in [4.69, 9.17) is 5.11 Å². The first-order chi connectivity index (χ1) is 18.3. The maximum Gasteiger partial charge on any atom is 0.449 e. The molecule has 2 heterocycles. The van der Waals surface area contributed by atoms with Crippen LogP contribution in [0.25, 0.3) is 0 Å². The quantitative estimate of drug-likeness (QED) is 0.298. The van der Waals surface area contributed by atoms with Gasteiger partial charge in [-0.3, -0.25) is 9.59 Å². The first-order valence-electron chi connectivity index (χ1n) is 12.4. The van der Waals surface area contributed by atoms with Gasteiger partial charge in [0.15, 0.2) is 12.2 Å². The highest BCUT2D eigenvalue weighted by Gasteiger charge is 2.83. The number of carbonyl (C=O) groups is 2. The van der Waals surface area contributed by atoms with Crippen molar-refractivity contribution in [3.63, 3.8) is 0 Å². The van der Waals surface area contributed by atoms with E-state index < -0.39 is 83.0 Å². The Hall–Kier alpha value is -1.92. The second kappa shape index (κ2) is 11.2. The van der Waals surface area contributed by atoms with Crippen LogP contribution < -0.4 is 0 Å². The summed E-state index contributed by atoms with van der Waals surface area (Å²) in [4.78, 5) is 23.5. The van der Waals surface area contributed by atoms with Crippen LogP contribution in [-0.2, 0) is 28.5 Å². The average Bonchev–Trinajstić information content (AvgIpc) is 3.13. The van der Waals surface area contributed by atoms with Gasteiger partial charge >= 0.3 is 47.7 Å². The minimum Gasteiger partial charge on any atom is -0.453 e. The lowest BCUT2D eigenvalue weighted by atomic mass is 9.89. The Morgan fingerprint density at radius 1 is 0.762 bits per heavy atom. The van der Waals surface area contributed by atoms with Gasteiger partial charge in [0.05, 0.1) is 17.4 Å². The predicted molar refractivity (Wildman–Crippen MR) is 121 cm³/mol. The number of carbonyl (C=O) groups excluding carboxylic acids is 2. The van der Waals surface area contributed by atoms with Crippen LogP contribution in [0.3, 0.4) is 0 Å². The van der Waals surface area contributed by atoms with Crippen LogP contribution in [0.4, 0.5) is 43.9 Å². The molecule has 0 bridgehead atoms. The smallest absolute Gasteiger partial charge is 0.449 e. The fourth-order valence-corrected chi connectivity index (χ4v) is 3.42. The van der Waals surface area contributed by atoms with Crippen LogP contribution >= 0.6 is 0 Å². The number of ether oxygens (including phenoxy) is 4. The molecule has 0 aliphatic carbocycles. The van der Waals surface area contributed by atoms with Crippen LogP contribution in [-0.4, -0.2) is 82.3 Å². The van der Waals surface area contributed by atoms with Gasteiger partial charge in [-0.25, -0.2) is 0 Å². The second-order valence-electron chi connectivity index (χ2n) is 11.7. The molecule has 2 fully saturated rings. The lowest BCUT2D eigenvalue weighted by Crippen LogP contribution is -2.60. The summed E-state index contributed by atoms with van der Waals surface area (Å²) >= 11 is 0. The monoisotopic (exact) mass is 640 g/mol. The highest BCUT2D eigenvalue weighted by atomic mass is 19.4. The van der Waals surface area contributed by atoms with Gasteiger partial charge < -0.3 is 29.2 Å². The first kappa shape index (κ1) is 38.1. The number of rotatable bonds is 6. The summed E-state index contributed by atoms with van der Waals surface area (Å²) in [5.41, 5.74) is -4.52. The number of esters is 2. The van der Waals surface area contributed by atoms with Crippen LogP contribution in [0.1, 0.15) is 68.2 Å². The van der Waals surface area contributed by atoms with Crippen molar-refractivity contribution in [2.45, 2.75) is 122 Å². The summed E-state index contributed by atoms with van der Waals surface area (Å²) < 4.78 is 148. The Labute approximate surface area is 234 Å². The van der Waals surface area contributed by atoms with E-state index in [1.165, 1.54) is 27.7 Å². The van der Waals surface area contributed by atoms with E-state index in [2.05, 4.69) is 18.9 Å². The van der Waals surface area contributed by atoms with Gasteiger partial charge in [-0.05, 0) is 54.4 Å². The fourth-order valence-electron chi connectivity index (χ4n) is 3.42. The SMILES string of the molecule is CCC(C)(C)C(=O)OC1C(C)(C)OC(O)(C(F)(F)F)C1(F)F.CCC(C)(C)C(=O)OC1COC(O)(C(F)(F)F)C1(F)F. The minimum atomic E-state index is -5.75. The second-order valence-corrected chi connectivity index (χ2v) is 11.7. The molecule has 2 aliphatic heterocycles. The van der Waals surface area contributed by atoms with Crippen molar-refractivity contribution in [3.05, 3.63) is 0 Å². The summed E-state index contributed by atoms with van der Waals surface area (Å²) in [5, 5.41) is 18.4. The van der Waals surface area contributed by atoms with Crippen molar-refractivity contribution in [1.29, 1.82) is 0 Å². The molecule has 2 rings (SSSR count). The van der Waals surface area contributed by atoms with Crippen LogP contribution in [0, 0.1) is 10.8 Å². The van der Waals surface area contributed by atoms with Crippen molar-refractivity contribution in [1.82, 2.24) is 0 Å². The molecule has 0 spiro atoms. The number of hydrogen-bond acceptors (Lipinski definition) is 8. The zero-order valence-electron chi connectivity index (χ0n) is 23.9. The Morgan fingerprint density at radius 3 is 1.45 bits per heavy atom. The molecule has 0 radical (unpaired) electrons. The average molecular weight is 641 g/mol. The van der Waals surface area contributed by atoms with Crippen molar-refractivity contribution >= 4 is 11.9 Å². The third kappa shape index (κ3) is 6.45. The molecule has 2 N–H and O–H groups in total. The summed E-state index contributed by atoms with van der Waals surface area (Å²) in [7, 11) is 0. The molecule has 0 aromatic heterocycles. The summed E-state index contributed by atoms with van der Waals surface area (Å²) in [6.45, 7) is 9.35. The molecule has 8 nitrogen and oxygen atoms in total. The van der Waals surface area contributed by atoms with Gasteiger partial charge in [-0.1, -0.05) is 13.8 Å². The maximum absolute atomic E-state index is 14.1. The highest BCUT2D eigenvalue weighted by molar-refractivity contribution is 5.76. The highest BCUT2D eigenvalue weighted by Crippen LogP contribution is 2.56. The van der Waals surface area contributed by atoms with Crippen LogP contribution in [0.2, 0.25) is 0 Å². The van der Waals surface area contributed by atoms with E-state index in [0.717, 1.165) is 13.8 Å². The zero-order chi connectivity index (χ0) is 33.8. The van der Waals surface area contributed by atoms with Gasteiger partial charge in [0, 0.05) is 0 Å². The van der Waals surface area contributed by atoms with Crippen LogP contribution in [0.5, 0.6) is 0 Å². The molecule has 18 heteroatoms. The number of aliphatic hydroxyl groups is 2. The predicted octanol–water partition coefficient (Wildman–Crippen LogP) is 5.28. The Bertz CT molecular complexity index is 1010. The lowest BCUT2D eigenvalue weighted by Gasteiger charge is -2.32. The van der Waals surface area contributed by atoms with E-state index in [-0.39, 0.29) is 12.8 Å². The van der Waals surface area contributed by atoms with Crippen molar-refractivity contribution in [2.24, 2.45) is 10.8 Å². The van der Waals surface area contributed by atoms with E-state index in [0.29, 0.717) is 0 Å². The maximum atomic E-state index is 14.1. The summed E-state index contributed by atoms with van der Waals surface area (Å²) in [5.74, 6) is -21.2. The normalized spacial score (nSPS) is 30.8. The Kier molecular flexibility index (Phi) is 10.2. The standard InChI is InChI=1S/C13H19F5O4.C11H15F5O4/c1-6-9(2,3)8(19)21-7-10(4,5)22-12(20,11(7,14)15)13(16,17)18;1-4-8(2,3)7(17)20-6-5-19-10(18,9(6,12)13)11(14,15)16/h7,20H,6H2,1-5H3;6,18H,4-5H2,1-3H3. The van der Waals surface area contributed by atoms with Crippen molar-refractivity contribution in [2.75, 3.05) is 6.61 Å². The molecule has 42 heavy (non-hydrogen) atoms. The van der Waals surface area contributed by atoms with Crippen LogP contribution in [0.15, 0.2) is 0 Å². The number of halogens is 10. The molecule has 2 aliphatic rings. The van der Waals surface area contributed by atoms with Gasteiger partial charge in [0.1, 0.15) is 5.60 Å². The summed E-state index contributed by atoms with van der Waals surface area (Å²) in [6.07, 6.45) is -16.1. The van der Waals surface area contributed by atoms with Crippen molar-refractivity contribution in [3.8, 4) is 0 Å². The molecule has 0 amide bonds. The molecule has 4 atom stereocenters. The van der Waals surface area contributed by atoms with Gasteiger partial charge in [-0.2, -0.15) is 43.9 Å². The van der Waals surface area contributed by atoms with E-state index in [9.17, 15) is 58.6 Å². The number of alkyl halides is 10. The first-order valence-corrected chi connectivity index (χ1v) is 12.4. The zero-order valence-corrected chi connectivity index (χ0v) is 23.9. The van der Waals surface area contributed by atoms with Crippen molar-refractivity contribution < 1.29 is 82.7 Å². The van der Waals surface area contributed by atoms with Gasteiger partial charge in [0.25, 0.3) is 0 Å². The molecular formula is C24H34F10O8. The number of hydrogen-bond donors (Lipinski definition) is 2. The van der Waals surface area contributed by atoms with E-state index in [1.54, 1.807) is 13.8 Å². The lowest BCUT2D eigenvalue weighted by molar-refractivity contribution is -0.413. The van der Waals surface area contributed by atoms with Gasteiger partial charge in [-0.15, -0.1) is 0 Å². The fraction of sp³-hybridized carbons (Fsp3) is 0.917. The Balaban J connectivity index is 0.000000422. The third-order valence-corrected chi connectivity index (χ3v) is 7.24. The topological polar surface area (TPSA) is 112 Å². The molecule has 248 valence electrons. The largest absolute Gasteiger partial charge is 0.453 e. The molecule has 0 aromatic carbocycles. The minimum absolute atomic E-state index is 0.231. The summed E-state index contributed by atoms with van der Waals surface area (Å²) in [6, 6.07) is 0. The third-order valence-electron chi connectivity index (χ3n) is 7.24. The molecular weight excluding hydrogens is 606 g/mol. The molecule has 2 saturated heterocycles. The molecule has 0 aromatic rings. The van der Waals surface area contributed by atoms with Gasteiger partial charge in [0.2, 0.25) is 0 Å². The molecule has 4 unspecified atom stereocenters. The van der Waals surface area contributed by atoms with E-state index >= 15 is 0 Å². The Morgan fingerprint density at radius 2 is 1.14 bits per heavy atom. The molecule has 0 saturated carbocycles. The van der Waals surface area contributed by atoms with E-state index in [1.807, 2.05) is 0 Å².